The summed E-state index contributed by atoms with van der Waals surface area (Å²) in [7, 11) is 0. The molecule has 0 saturated heterocycles. The Morgan fingerprint density at radius 1 is 0.793 bits per heavy atom. The lowest BCUT2D eigenvalue weighted by Gasteiger charge is -2.23. The molecule has 3 unspecified atom stereocenters. The molecule has 3 atom stereocenters. The van der Waals surface area contributed by atoms with Crippen LogP contribution in [-0.2, 0) is 24.0 Å². The van der Waals surface area contributed by atoms with Crippen molar-refractivity contribution in [3.05, 3.63) is 0 Å². The molecule has 0 saturated carbocycles. The zero-order valence-corrected chi connectivity index (χ0v) is 15.9. The van der Waals surface area contributed by atoms with Gasteiger partial charge in [0, 0.05) is 6.42 Å². The van der Waals surface area contributed by atoms with Crippen LogP contribution in [0.1, 0.15) is 32.1 Å². The number of hydrogen-bond donors (Lipinski definition) is 8. The molecule has 0 heterocycles. The van der Waals surface area contributed by atoms with Crippen molar-refractivity contribution in [1.29, 1.82) is 0 Å². The summed E-state index contributed by atoms with van der Waals surface area (Å²) in [6, 6.07) is -4.05. The average molecular weight is 419 g/mol. The second kappa shape index (κ2) is 14.3. The van der Waals surface area contributed by atoms with Crippen LogP contribution in [0.3, 0.4) is 0 Å². The third-order valence-corrected chi connectivity index (χ3v) is 3.86. The minimum absolute atomic E-state index is 0.101. The lowest BCUT2D eigenvalue weighted by Crippen LogP contribution is -2.57. The Hall–Kier alpha value is -2.77. The number of aliphatic hydroxyl groups is 1. The van der Waals surface area contributed by atoms with Gasteiger partial charge >= 0.3 is 11.9 Å². The molecule has 0 spiro atoms. The van der Waals surface area contributed by atoms with E-state index in [1.165, 1.54) is 0 Å². The maximum Gasteiger partial charge on any atom is 0.326 e. The van der Waals surface area contributed by atoms with E-state index in [2.05, 4.69) is 16.0 Å². The molecule has 0 rings (SSSR count). The Balaban J connectivity index is 5.18. The number of carbonyl (C=O) groups excluding carboxylic acids is 3. The Kier molecular flexibility index (Phi) is 12.9. The number of nitrogens with two attached hydrogens (primary N) is 2. The largest absolute Gasteiger partial charge is 0.481 e. The van der Waals surface area contributed by atoms with Gasteiger partial charge < -0.3 is 42.7 Å². The first kappa shape index (κ1) is 26.2. The zero-order chi connectivity index (χ0) is 22.4. The third-order valence-electron chi connectivity index (χ3n) is 3.86. The van der Waals surface area contributed by atoms with Gasteiger partial charge in [0.15, 0.2) is 0 Å². The van der Waals surface area contributed by atoms with E-state index in [0.29, 0.717) is 19.4 Å². The van der Waals surface area contributed by atoms with Gasteiger partial charge in [-0.15, -0.1) is 0 Å². The number of amides is 3. The number of carboxylic acid groups (broad SMARTS) is 2. The molecule has 10 N–H and O–H groups in total. The lowest BCUT2D eigenvalue weighted by atomic mass is 10.1. The van der Waals surface area contributed by atoms with Gasteiger partial charge in [0.25, 0.3) is 0 Å². The molecular weight excluding hydrogens is 390 g/mol. The summed E-state index contributed by atoms with van der Waals surface area (Å²) < 4.78 is 0. The molecule has 0 aliphatic rings. The van der Waals surface area contributed by atoms with E-state index in [9.17, 15) is 34.2 Å². The van der Waals surface area contributed by atoms with Crippen molar-refractivity contribution in [3.8, 4) is 0 Å². The topological polar surface area (TPSA) is 234 Å². The summed E-state index contributed by atoms with van der Waals surface area (Å²) in [5.74, 6) is -5.10. The second-order valence-corrected chi connectivity index (χ2v) is 6.18. The van der Waals surface area contributed by atoms with Gasteiger partial charge in [-0.1, -0.05) is 0 Å². The molecule has 0 radical (unpaired) electrons. The van der Waals surface area contributed by atoms with E-state index >= 15 is 0 Å². The predicted octanol–water partition coefficient (Wildman–Crippen LogP) is -3.53. The first-order valence-electron chi connectivity index (χ1n) is 9.01. The monoisotopic (exact) mass is 419 g/mol. The van der Waals surface area contributed by atoms with E-state index in [0.717, 1.165) is 0 Å². The number of aliphatic hydroxyl groups excluding tert-OH is 1. The van der Waals surface area contributed by atoms with Gasteiger partial charge in [0.2, 0.25) is 17.7 Å². The Morgan fingerprint density at radius 3 is 1.86 bits per heavy atom. The van der Waals surface area contributed by atoms with Crippen LogP contribution < -0.4 is 27.4 Å². The summed E-state index contributed by atoms with van der Waals surface area (Å²) in [6.45, 7) is -0.869. The van der Waals surface area contributed by atoms with E-state index in [-0.39, 0.29) is 12.8 Å². The highest BCUT2D eigenvalue weighted by molar-refractivity contribution is 5.93. The number of unbranched alkanes of at least 4 members (excludes halogenated alkanes) is 1. The summed E-state index contributed by atoms with van der Waals surface area (Å²) in [5, 5.41) is 33.9. The van der Waals surface area contributed by atoms with Crippen LogP contribution in [0.4, 0.5) is 0 Å². The van der Waals surface area contributed by atoms with E-state index in [4.69, 9.17) is 16.6 Å². The SMILES string of the molecule is NCCCCC(NC(=O)C(CCC(=O)O)NC(=O)C(CO)NC(=O)CN)C(=O)O. The van der Waals surface area contributed by atoms with Gasteiger partial charge in [-0.2, -0.15) is 0 Å². The molecule has 13 nitrogen and oxygen atoms in total. The highest BCUT2D eigenvalue weighted by Crippen LogP contribution is 2.04. The third kappa shape index (κ3) is 11.0. The predicted molar refractivity (Wildman–Crippen MR) is 99.3 cm³/mol. The molecular formula is C16H29N5O8. The molecule has 166 valence electrons. The Morgan fingerprint density at radius 2 is 1.38 bits per heavy atom. The fourth-order valence-corrected chi connectivity index (χ4v) is 2.28. The van der Waals surface area contributed by atoms with Crippen LogP contribution >= 0.6 is 0 Å². The molecule has 13 heteroatoms. The van der Waals surface area contributed by atoms with E-state index < -0.39 is 67.4 Å². The van der Waals surface area contributed by atoms with Crippen molar-refractivity contribution in [3.63, 3.8) is 0 Å². The van der Waals surface area contributed by atoms with E-state index in [1.54, 1.807) is 0 Å². The second-order valence-electron chi connectivity index (χ2n) is 6.18. The van der Waals surface area contributed by atoms with Crippen molar-refractivity contribution in [1.82, 2.24) is 16.0 Å². The molecule has 0 aliphatic carbocycles. The molecule has 0 aliphatic heterocycles. The maximum atomic E-state index is 12.5. The highest BCUT2D eigenvalue weighted by Gasteiger charge is 2.29. The van der Waals surface area contributed by atoms with Crippen molar-refractivity contribution >= 4 is 29.7 Å². The van der Waals surface area contributed by atoms with Gasteiger partial charge in [-0.3, -0.25) is 19.2 Å². The molecule has 0 aromatic carbocycles. The van der Waals surface area contributed by atoms with Crippen LogP contribution in [0.25, 0.3) is 0 Å². The summed E-state index contributed by atoms with van der Waals surface area (Å²) >= 11 is 0. The van der Waals surface area contributed by atoms with Crippen molar-refractivity contribution < 1.29 is 39.3 Å². The number of aliphatic carboxylic acids is 2. The van der Waals surface area contributed by atoms with Gasteiger partial charge in [-0.05, 0) is 32.2 Å². The molecule has 29 heavy (non-hydrogen) atoms. The van der Waals surface area contributed by atoms with Crippen molar-refractivity contribution in [2.45, 2.75) is 50.2 Å². The minimum atomic E-state index is -1.41. The fourth-order valence-electron chi connectivity index (χ4n) is 2.28. The fraction of sp³-hybridized carbons (Fsp3) is 0.688. The van der Waals surface area contributed by atoms with Crippen LogP contribution in [0, 0.1) is 0 Å². The smallest absolute Gasteiger partial charge is 0.326 e. The average Bonchev–Trinajstić information content (AvgIpc) is 2.67. The van der Waals surface area contributed by atoms with Crippen LogP contribution in [0.15, 0.2) is 0 Å². The minimum Gasteiger partial charge on any atom is -0.481 e. The van der Waals surface area contributed by atoms with Gasteiger partial charge in [-0.25, -0.2) is 4.79 Å². The van der Waals surface area contributed by atoms with Crippen molar-refractivity contribution in [2.24, 2.45) is 11.5 Å². The van der Waals surface area contributed by atoms with Crippen LogP contribution in [0.5, 0.6) is 0 Å². The molecule has 0 fully saturated rings. The molecule has 0 aromatic heterocycles. The quantitative estimate of drug-likeness (QED) is 0.122. The number of carbonyl (C=O) groups is 5. The lowest BCUT2D eigenvalue weighted by molar-refractivity contribution is -0.143. The first-order chi connectivity index (χ1) is 13.7. The summed E-state index contributed by atoms with van der Waals surface area (Å²) in [4.78, 5) is 58.1. The van der Waals surface area contributed by atoms with Crippen LogP contribution in [-0.4, -0.2) is 82.8 Å². The number of carboxylic acids is 2. The Bertz CT molecular complexity index is 586. The first-order valence-corrected chi connectivity index (χ1v) is 9.01. The highest BCUT2D eigenvalue weighted by atomic mass is 16.4. The van der Waals surface area contributed by atoms with E-state index in [1.807, 2.05) is 0 Å². The maximum absolute atomic E-state index is 12.5. The molecule has 3 amide bonds. The van der Waals surface area contributed by atoms with Gasteiger partial charge in [0.05, 0.1) is 13.2 Å². The number of rotatable bonds is 15. The van der Waals surface area contributed by atoms with Crippen molar-refractivity contribution in [2.75, 3.05) is 19.7 Å². The molecule has 0 aromatic rings. The standard InChI is InChI=1S/C16H29N5O8/c17-6-2-1-3-10(16(28)29)21-14(26)9(4-5-13(24)25)20-15(27)11(8-22)19-12(23)7-18/h9-11,22H,1-8,17-18H2,(H,19,23)(H,20,27)(H,21,26)(H,24,25)(H,28,29). The zero-order valence-electron chi connectivity index (χ0n) is 15.9. The van der Waals surface area contributed by atoms with Crippen LogP contribution in [0.2, 0.25) is 0 Å². The molecule has 0 bridgehead atoms. The normalized spacial score (nSPS) is 13.6. The Labute approximate surface area is 167 Å². The summed E-state index contributed by atoms with van der Waals surface area (Å²) in [5.41, 5.74) is 10.5. The number of hydrogen-bond acceptors (Lipinski definition) is 8. The summed E-state index contributed by atoms with van der Waals surface area (Å²) in [6.07, 6.45) is 0.284. The van der Waals surface area contributed by atoms with Gasteiger partial charge in [0.1, 0.15) is 18.1 Å². The number of nitrogens with one attached hydrogen (secondary N) is 3.